The smallest absolute Gasteiger partial charge is 0.259 e. The van der Waals surface area contributed by atoms with Crippen molar-refractivity contribution in [3.63, 3.8) is 0 Å². The number of benzene rings is 2. The number of carbonyl (C=O) groups is 1. The van der Waals surface area contributed by atoms with Crippen molar-refractivity contribution < 1.29 is 14.3 Å². The summed E-state index contributed by atoms with van der Waals surface area (Å²) in [5, 5.41) is 2.95. The van der Waals surface area contributed by atoms with Crippen molar-refractivity contribution in [2.45, 2.75) is 6.92 Å². The third-order valence-corrected chi connectivity index (χ3v) is 4.85. The van der Waals surface area contributed by atoms with Gasteiger partial charge in [0.25, 0.3) is 5.91 Å². The van der Waals surface area contributed by atoms with Gasteiger partial charge in [-0.25, -0.2) is 9.97 Å². The molecule has 29 heavy (non-hydrogen) atoms. The number of nitrogens with zero attached hydrogens (tertiary/aromatic N) is 3. The Morgan fingerprint density at radius 2 is 1.97 bits per heavy atom. The lowest BCUT2D eigenvalue weighted by atomic mass is 10.1. The van der Waals surface area contributed by atoms with E-state index in [9.17, 15) is 4.79 Å². The third-order valence-electron chi connectivity index (χ3n) is 4.85. The number of amides is 1. The number of imidazole rings is 1. The average Bonchev–Trinajstić information content (AvgIpc) is 3.10. The second-order valence-corrected chi connectivity index (χ2v) is 6.70. The number of carbonyl (C=O) groups excluding carboxylic acids is 1. The highest BCUT2D eigenvalue weighted by Gasteiger charge is 2.20. The van der Waals surface area contributed by atoms with Gasteiger partial charge in [-0.05, 0) is 37.3 Å². The molecule has 0 bridgehead atoms. The SMILES string of the molecule is Cc1c(-c2cccc(NC(=O)c3cccc4c3OCCO4)c2)nc2ncccn12. The van der Waals surface area contributed by atoms with Crippen LogP contribution in [0.3, 0.4) is 0 Å². The van der Waals surface area contributed by atoms with Gasteiger partial charge in [0.05, 0.1) is 11.3 Å². The van der Waals surface area contributed by atoms with Gasteiger partial charge >= 0.3 is 0 Å². The van der Waals surface area contributed by atoms with Crippen LogP contribution in [0.1, 0.15) is 16.1 Å². The number of ether oxygens (including phenoxy) is 2. The fraction of sp³-hybridized carbons (Fsp3) is 0.136. The summed E-state index contributed by atoms with van der Waals surface area (Å²) < 4.78 is 13.2. The monoisotopic (exact) mass is 386 g/mol. The molecule has 3 heterocycles. The molecule has 7 nitrogen and oxygen atoms in total. The minimum Gasteiger partial charge on any atom is -0.486 e. The van der Waals surface area contributed by atoms with Crippen molar-refractivity contribution in [3.8, 4) is 22.8 Å². The number of fused-ring (bicyclic) bond motifs is 2. The highest BCUT2D eigenvalue weighted by molar-refractivity contribution is 6.07. The number of hydrogen-bond donors (Lipinski definition) is 1. The predicted molar refractivity (Wildman–Crippen MR) is 109 cm³/mol. The van der Waals surface area contributed by atoms with Gasteiger partial charge in [-0.3, -0.25) is 9.20 Å². The quantitative estimate of drug-likeness (QED) is 0.581. The molecular weight excluding hydrogens is 368 g/mol. The molecule has 4 aromatic rings. The Hall–Kier alpha value is -3.87. The summed E-state index contributed by atoms with van der Waals surface area (Å²) in [4.78, 5) is 21.8. The van der Waals surface area contributed by atoms with Crippen LogP contribution in [-0.2, 0) is 0 Å². The minimum atomic E-state index is -0.252. The van der Waals surface area contributed by atoms with E-state index < -0.39 is 0 Å². The van der Waals surface area contributed by atoms with Crippen molar-refractivity contribution in [1.82, 2.24) is 14.4 Å². The molecule has 0 radical (unpaired) electrons. The zero-order chi connectivity index (χ0) is 19.8. The van der Waals surface area contributed by atoms with Gasteiger partial charge in [0, 0.05) is 29.3 Å². The highest BCUT2D eigenvalue weighted by atomic mass is 16.6. The first-order valence-corrected chi connectivity index (χ1v) is 9.31. The van der Waals surface area contributed by atoms with Crippen LogP contribution < -0.4 is 14.8 Å². The minimum absolute atomic E-state index is 0.252. The maximum atomic E-state index is 12.9. The highest BCUT2D eigenvalue weighted by Crippen LogP contribution is 2.34. The fourth-order valence-electron chi connectivity index (χ4n) is 3.47. The molecule has 1 aliphatic heterocycles. The van der Waals surface area contributed by atoms with E-state index in [0.717, 1.165) is 17.0 Å². The lowest BCUT2D eigenvalue weighted by Crippen LogP contribution is -2.20. The van der Waals surface area contributed by atoms with E-state index in [0.29, 0.717) is 41.7 Å². The average molecular weight is 386 g/mol. The Balaban J connectivity index is 1.46. The largest absolute Gasteiger partial charge is 0.486 e. The topological polar surface area (TPSA) is 77.8 Å². The molecule has 7 heteroatoms. The number of aryl methyl sites for hydroxylation is 1. The van der Waals surface area contributed by atoms with Gasteiger partial charge in [-0.15, -0.1) is 0 Å². The van der Waals surface area contributed by atoms with Crippen LogP contribution in [0.2, 0.25) is 0 Å². The Labute approximate surface area is 166 Å². The van der Waals surface area contributed by atoms with Crippen molar-refractivity contribution >= 4 is 17.4 Å². The zero-order valence-corrected chi connectivity index (χ0v) is 15.8. The van der Waals surface area contributed by atoms with Gasteiger partial charge in [-0.2, -0.15) is 0 Å². The van der Waals surface area contributed by atoms with E-state index >= 15 is 0 Å². The summed E-state index contributed by atoms with van der Waals surface area (Å²) in [5.74, 6) is 1.46. The van der Waals surface area contributed by atoms with Gasteiger partial charge in [-0.1, -0.05) is 18.2 Å². The van der Waals surface area contributed by atoms with Crippen molar-refractivity contribution in [2.75, 3.05) is 18.5 Å². The lowest BCUT2D eigenvalue weighted by molar-refractivity contribution is 0.101. The van der Waals surface area contributed by atoms with E-state index in [-0.39, 0.29) is 5.91 Å². The van der Waals surface area contributed by atoms with Crippen molar-refractivity contribution in [3.05, 3.63) is 72.2 Å². The molecule has 1 amide bonds. The van der Waals surface area contributed by atoms with Gasteiger partial charge in [0.1, 0.15) is 13.2 Å². The van der Waals surface area contributed by atoms with Crippen LogP contribution in [0.4, 0.5) is 5.69 Å². The van der Waals surface area contributed by atoms with E-state index in [2.05, 4.69) is 15.3 Å². The summed E-state index contributed by atoms with van der Waals surface area (Å²) >= 11 is 0. The standard InChI is InChI=1S/C22H18N4O3/c1-14-19(25-22-23-9-4-10-26(14)22)15-5-2-6-16(13-15)24-21(27)17-7-3-8-18-20(17)29-12-11-28-18/h2-10,13H,11-12H2,1H3,(H,24,27). The maximum absolute atomic E-state index is 12.9. The van der Waals surface area contributed by atoms with Gasteiger partial charge < -0.3 is 14.8 Å². The zero-order valence-electron chi connectivity index (χ0n) is 15.8. The molecule has 144 valence electrons. The third kappa shape index (κ3) is 3.06. The van der Waals surface area contributed by atoms with E-state index in [1.54, 1.807) is 24.4 Å². The lowest BCUT2D eigenvalue weighted by Gasteiger charge is -2.20. The molecule has 1 N–H and O–H groups in total. The molecule has 0 spiro atoms. The van der Waals surface area contributed by atoms with Gasteiger partial charge in [0.2, 0.25) is 5.78 Å². The summed E-state index contributed by atoms with van der Waals surface area (Å²) in [5.41, 5.74) is 3.83. The number of rotatable bonds is 3. The Kier molecular flexibility index (Phi) is 4.13. The molecule has 0 unspecified atom stereocenters. The second-order valence-electron chi connectivity index (χ2n) is 6.70. The van der Waals surface area contributed by atoms with E-state index in [1.807, 2.05) is 47.9 Å². The number of nitrogens with one attached hydrogen (secondary N) is 1. The normalized spacial score (nSPS) is 12.7. The maximum Gasteiger partial charge on any atom is 0.259 e. The van der Waals surface area contributed by atoms with Crippen LogP contribution >= 0.6 is 0 Å². The van der Waals surface area contributed by atoms with E-state index in [1.165, 1.54) is 0 Å². The summed E-state index contributed by atoms with van der Waals surface area (Å²) in [6.07, 6.45) is 3.65. The van der Waals surface area contributed by atoms with Crippen molar-refractivity contribution in [2.24, 2.45) is 0 Å². The Bertz CT molecular complexity index is 1230. The molecule has 0 saturated carbocycles. The van der Waals surface area contributed by atoms with Crippen LogP contribution in [0.15, 0.2) is 60.9 Å². The molecular formula is C22H18N4O3. The molecule has 2 aromatic carbocycles. The first kappa shape index (κ1) is 17.2. The molecule has 2 aromatic heterocycles. The Morgan fingerprint density at radius 3 is 2.86 bits per heavy atom. The molecule has 5 rings (SSSR count). The summed E-state index contributed by atoms with van der Waals surface area (Å²) in [6.45, 7) is 2.90. The van der Waals surface area contributed by atoms with Crippen LogP contribution in [0, 0.1) is 6.92 Å². The predicted octanol–water partition coefficient (Wildman–Crippen LogP) is 3.73. The number of para-hydroxylation sites is 1. The number of anilines is 1. The first-order chi connectivity index (χ1) is 14.2. The summed E-state index contributed by atoms with van der Waals surface area (Å²) in [7, 11) is 0. The molecule has 0 aliphatic carbocycles. The van der Waals surface area contributed by atoms with Crippen LogP contribution in [-0.4, -0.2) is 33.5 Å². The van der Waals surface area contributed by atoms with Crippen molar-refractivity contribution in [1.29, 1.82) is 0 Å². The number of hydrogen-bond acceptors (Lipinski definition) is 5. The van der Waals surface area contributed by atoms with E-state index in [4.69, 9.17) is 9.47 Å². The van der Waals surface area contributed by atoms with Gasteiger partial charge in [0.15, 0.2) is 11.5 Å². The van der Waals surface area contributed by atoms with Crippen LogP contribution in [0.5, 0.6) is 11.5 Å². The second kappa shape index (κ2) is 6.94. The Morgan fingerprint density at radius 1 is 1.10 bits per heavy atom. The van der Waals surface area contributed by atoms with Crippen LogP contribution in [0.25, 0.3) is 17.0 Å². The fourth-order valence-corrected chi connectivity index (χ4v) is 3.47. The summed E-state index contributed by atoms with van der Waals surface area (Å²) in [6, 6.07) is 14.8. The number of aromatic nitrogens is 3. The molecule has 1 aliphatic rings. The molecule has 0 saturated heterocycles. The molecule has 0 atom stereocenters. The molecule has 0 fully saturated rings. The first-order valence-electron chi connectivity index (χ1n) is 9.31.